The van der Waals surface area contributed by atoms with E-state index in [1.165, 1.54) is 0 Å². The van der Waals surface area contributed by atoms with Crippen molar-refractivity contribution in [2.24, 2.45) is 0 Å². The van der Waals surface area contributed by atoms with Crippen LogP contribution in [0.2, 0.25) is 0 Å². The van der Waals surface area contributed by atoms with Crippen molar-refractivity contribution in [3.05, 3.63) is 95.6 Å². The van der Waals surface area contributed by atoms with Crippen LogP contribution >= 0.6 is 0 Å². The first-order chi connectivity index (χ1) is 13.1. The third kappa shape index (κ3) is 3.44. The highest BCUT2D eigenvalue weighted by Crippen LogP contribution is 2.27. The van der Waals surface area contributed by atoms with Gasteiger partial charge in [-0.3, -0.25) is 0 Å². The lowest BCUT2D eigenvalue weighted by molar-refractivity contribution is 0.0737. The summed E-state index contributed by atoms with van der Waals surface area (Å²) < 4.78 is 5.63. The third-order valence-corrected chi connectivity index (χ3v) is 4.56. The zero-order chi connectivity index (χ0) is 18.8. The van der Waals surface area contributed by atoms with Crippen LogP contribution in [0, 0.1) is 13.8 Å². The highest BCUT2D eigenvalue weighted by Gasteiger charge is 2.17. The van der Waals surface area contributed by atoms with Gasteiger partial charge in [-0.05, 0) is 37.6 Å². The fourth-order valence-electron chi connectivity index (χ4n) is 3.09. The number of ether oxygens (including phenoxy) is 1. The summed E-state index contributed by atoms with van der Waals surface area (Å²) in [4.78, 5) is 17.8. The molecule has 4 aromatic rings. The Bertz CT molecular complexity index is 1120. The zero-order valence-electron chi connectivity index (χ0n) is 15.3. The molecule has 132 valence electrons. The van der Waals surface area contributed by atoms with Gasteiger partial charge in [0.2, 0.25) is 0 Å². The Morgan fingerprint density at radius 1 is 0.852 bits per heavy atom. The molecular weight excluding hydrogens is 334 g/mol. The number of hydrogen-bond donors (Lipinski definition) is 0. The Hall–Kier alpha value is -3.46. The number of rotatable bonds is 3. The first kappa shape index (κ1) is 17.0. The molecular formula is C24H19NO2. The predicted octanol–water partition coefficient (Wildman–Crippen LogP) is 5.74. The maximum absolute atomic E-state index is 13.0. The van der Waals surface area contributed by atoms with Crippen LogP contribution in [0.5, 0.6) is 5.75 Å². The zero-order valence-corrected chi connectivity index (χ0v) is 15.3. The fourth-order valence-corrected chi connectivity index (χ4v) is 3.09. The molecule has 0 atom stereocenters. The number of aryl methyl sites for hydroxylation is 2. The topological polar surface area (TPSA) is 39.2 Å². The summed E-state index contributed by atoms with van der Waals surface area (Å²) in [5.74, 6) is 0.151. The van der Waals surface area contributed by atoms with Crippen LogP contribution in [0.25, 0.3) is 22.2 Å². The van der Waals surface area contributed by atoms with Crippen molar-refractivity contribution >= 4 is 16.9 Å². The van der Waals surface area contributed by atoms with Crippen molar-refractivity contribution in [1.82, 2.24) is 4.98 Å². The number of nitrogens with zero attached hydrogens (tertiary/aromatic N) is 1. The van der Waals surface area contributed by atoms with Crippen molar-refractivity contribution in [3.8, 4) is 17.0 Å². The fraction of sp³-hybridized carbons (Fsp3) is 0.0833. The van der Waals surface area contributed by atoms with Gasteiger partial charge in [0.25, 0.3) is 0 Å². The van der Waals surface area contributed by atoms with Gasteiger partial charge in [0, 0.05) is 10.9 Å². The molecule has 1 heterocycles. The molecule has 3 heteroatoms. The van der Waals surface area contributed by atoms with E-state index in [0.29, 0.717) is 11.3 Å². The number of esters is 1. The minimum atomic E-state index is -0.381. The van der Waals surface area contributed by atoms with Gasteiger partial charge in [0.1, 0.15) is 5.75 Å². The standard InChI is InChI=1S/C24H19NO2/c1-16-11-13-19(14-12-16)27-24(26)21-15-22(18-8-4-3-5-9-18)25-23-17(2)7-6-10-20(21)23/h3-15H,1-2H3. The van der Waals surface area contributed by atoms with E-state index in [1.807, 2.05) is 80.6 Å². The molecule has 3 aromatic carbocycles. The number of para-hydroxylation sites is 1. The van der Waals surface area contributed by atoms with E-state index in [1.54, 1.807) is 12.1 Å². The number of fused-ring (bicyclic) bond motifs is 1. The summed E-state index contributed by atoms with van der Waals surface area (Å²) in [5.41, 5.74) is 5.19. The summed E-state index contributed by atoms with van der Waals surface area (Å²) in [5, 5.41) is 0.798. The molecule has 0 unspecified atom stereocenters. The molecule has 3 nitrogen and oxygen atoms in total. The maximum Gasteiger partial charge on any atom is 0.344 e. The molecule has 4 rings (SSSR count). The molecule has 0 N–H and O–H groups in total. The number of aromatic nitrogens is 1. The molecule has 0 aliphatic heterocycles. The lowest BCUT2D eigenvalue weighted by Gasteiger charge is -2.11. The first-order valence-electron chi connectivity index (χ1n) is 8.86. The minimum absolute atomic E-state index is 0.381. The highest BCUT2D eigenvalue weighted by molar-refractivity contribution is 6.06. The summed E-state index contributed by atoms with van der Waals surface area (Å²) in [6, 6.07) is 25.0. The van der Waals surface area contributed by atoms with Crippen LogP contribution in [-0.4, -0.2) is 11.0 Å². The van der Waals surface area contributed by atoms with Gasteiger partial charge >= 0.3 is 5.97 Å². The largest absolute Gasteiger partial charge is 0.423 e. The average molecular weight is 353 g/mol. The molecule has 1 aromatic heterocycles. The van der Waals surface area contributed by atoms with Crippen molar-refractivity contribution in [1.29, 1.82) is 0 Å². The number of benzene rings is 3. The first-order valence-corrected chi connectivity index (χ1v) is 8.86. The molecule has 27 heavy (non-hydrogen) atoms. The van der Waals surface area contributed by atoms with Gasteiger partial charge in [-0.25, -0.2) is 9.78 Å². The van der Waals surface area contributed by atoms with Crippen LogP contribution in [0.15, 0.2) is 78.9 Å². The second-order valence-corrected chi connectivity index (χ2v) is 6.59. The number of carbonyl (C=O) groups is 1. The second kappa shape index (κ2) is 7.04. The number of hydrogen-bond acceptors (Lipinski definition) is 3. The summed E-state index contributed by atoms with van der Waals surface area (Å²) in [6.45, 7) is 4.00. The van der Waals surface area contributed by atoms with Crippen LogP contribution in [0.1, 0.15) is 21.5 Å². The molecule has 0 aliphatic rings. The Labute approximate surface area is 158 Å². The molecule has 0 fully saturated rings. The maximum atomic E-state index is 13.0. The third-order valence-electron chi connectivity index (χ3n) is 4.56. The summed E-state index contributed by atoms with van der Waals surface area (Å²) in [7, 11) is 0. The van der Waals surface area contributed by atoms with Crippen LogP contribution < -0.4 is 4.74 Å². The summed E-state index contributed by atoms with van der Waals surface area (Å²) in [6.07, 6.45) is 0. The van der Waals surface area contributed by atoms with Gasteiger partial charge in [-0.2, -0.15) is 0 Å². The quantitative estimate of drug-likeness (QED) is 0.348. The Balaban J connectivity index is 1.84. The van der Waals surface area contributed by atoms with E-state index in [-0.39, 0.29) is 5.97 Å². The van der Waals surface area contributed by atoms with Gasteiger partial charge in [-0.1, -0.05) is 66.2 Å². The Morgan fingerprint density at radius 2 is 1.59 bits per heavy atom. The van der Waals surface area contributed by atoms with Crippen molar-refractivity contribution in [2.45, 2.75) is 13.8 Å². The van der Waals surface area contributed by atoms with E-state index < -0.39 is 0 Å². The highest BCUT2D eigenvalue weighted by atomic mass is 16.5. The van der Waals surface area contributed by atoms with Crippen LogP contribution in [0.3, 0.4) is 0 Å². The number of carbonyl (C=O) groups excluding carboxylic acids is 1. The van der Waals surface area contributed by atoms with Gasteiger partial charge in [0.15, 0.2) is 0 Å². The van der Waals surface area contributed by atoms with Crippen molar-refractivity contribution in [3.63, 3.8) is 0 Å². The Kier molecular flexibility index (Phi) is 4.43. The average Bonchev–Trinajstić information content (AvgIpc) is 2.70. The normalized spacial score (nSPS) is 10.7. The van der Waals surface area contributed by atoms with Gasteiger partial charge in [0.05, 0.1) is 16.8 Å². The van der Waals surface area contributed by atoms with Gasteiger partial charge < -0.3 is 4.74 Å². The van der Waals surface area contributed by atoms with Crippen LogP contribution in [0.4, 0.5) is 0 Å². The molecule has 0 aliphatic carbocycles. The Morgan fingerprint density at radius 3 is 2.33 bits per heavy atom. The van der Waals surface area contributed by atoms with E-state index >= 15 is 0 Å². The monoisotopic (exact) mass is 353 g/mol. The lowest BCUT2D eigenvalue weighted by Crippen LogP contribution is -2.10. The molecule has 0 spiro atoms. The number of pyridine rings is 1. The summed E-state index contributed by atoms with van der Waals surface area (Å²) >= 11 is 0. The van der Waals surface area contributed by atoms with E-state index in [4.69, 9.17) is 9.72 Å². The molecule has 0 saturated carbocycles. The minimum Gasteiger partial charge on any atom is -0.423 e. The van der Waals surface area contributed by atoms with Crippen molar-refractivity contribution < 1.29 is 9.53 Å². The second-order valence-electron chi connectivity index (χ2n) is 6.59. The van der Waals surface area contributed by atoms with Crippen LogP contribution in [-0.2, 0) is 0 Å². The molecule has 0 bridgehead atoms. The lowest BCUT2D eigenvalue weighted by atomic mass is 10.0. The van der Waals surface area contributed by atoms with E-state index in [9.17, 15) is 4.79 Å². The van der Waals surface area contributed by atoms with Crippen molar-refractivity contribution in [2.75, 3.05) is 0 Å². The molecule has 0 radical (unpaired) electrons. The predicted molar refractivity (Wildman–Crippen MR) is 108 cm³/mol. The molecule has 0 amide bonds. The molecule has 0 saturated heterocycles. The SMILES string of the molecule is Cc1ccc(OC(=O)c2cc(-c3ccccc3)nc3c(C)cccc23)cc1. The van der Waals surface area contributed by atoms with E-state index in [0.717, 1.165) is 33.3 Å². The van der Waals surface area contributed by atoms with Gasteiger partial charge in [-0.15, -0.1) is 0 Å². The van der Waals surface area contributed by atoms with E-state index in [2.05, 4.69) is 0 Å². The smallest absolute Gasteiger partial charge is 0.344 e.